The van der Waals surface area contributed by atoms with E-state index >= 15 is 0 Å². The first-order valence-corrected chi connectivity index (χ1v) is 12.3. The summed E-state index contributed by atoms with van der Waals surface area (Å²) in [5, 5.41) is 35.0. The fourth-order valence-electron chi connectivity index (χ4n) is 3.88. The van der Waals surface area contributed by atoms with Gasteiger partial charge in [0.25, 0.3) is 17.7 Å². The number of amides is 3. The summed E-state index contributed by atoms with van der Waals surface area (Å²) in [7, 11) is 0. The van der Waals surface area contributed by atoms with Gasteiger partial charge in [-0.3, -0.25) is 19.7 Å². The molecule has 0 spiro atoms. The number of carbonyl (C=O) groups is 3. The van der Waals surface area contributed by atoms with Crippen LogP contribution in [-0.2, 0) is 9.59 Å². The van der Waals surface area contributed by atoms with Gasteiger partial charge < -0.3 is 21.0 Å². The second kappa shape index (κ2) is 10.6. The molecule has 40 heavy (non-hydrogen) atoms. The number of rotatable bonds is 7. The predicted octanol–water partition coefficient (Wildman–Crippen LogP) is 2.57. The molecule has 15 heteroatoms. The number of hydrogen-bond donors (Lipinski definition) is 4. The van der Waals surface area contributed by atoms with Crippen molar-refractivity contribution < 1.29 is 24.4 Å². The largest absolute Gasteiger partial charge is 0.507 e. The summed E-state index contributed by atoms with van der Waals surface area (Å²) < 4.78 is 0. The number of hydrogen-bond acceptors (Lipinski definition) is 11. The van der Waals surface area contributed by atoms with Gasteiger partial charge in [0.1, 0.15) is 23.2 Å². The molecule has 200 valence electrons. The third-order valence-corrected chi connectivity index (χ3v) is 6.51. The molecule has 0 saturated carbocycles. The Morgan fingerprint density at radius 1 is 1.10 bits per heavy atom. The highest BCUT2D eigenvalue weighted by molar-refractivity contribution is 7.14. The zero-order valence-corrected chi connectivity index (χ0v) is 21.0. The molecule has 0 bridgehead atoms. The molecule has 1 atom stereocenters. The number of benzene rings is 3. The van der Waals surface area contributed by atoms with Gasteiger partial charge in [0.05, 0.1) is 16.6 Å². The van der Waals surface area contributed by atoms with Crippen molar-refractivity contribution >= 4 is 68.0 Å². The number of thiazole rings is 1. The van der Waals surface area contributed by atoms with Gasteiger partial charge in [-0.2, -0.15) is 15.2 Å². The first-order valence-electron chi connectivity index (χ1n) is 11.5. The minimum atomic E-state index is -1.51. The minimum Gasteiger partial charge on any atom is -0.507 e. The quantitative estimate of drug-likeness (QED) is 0.150. The van der Waals surface area contributed by atoms with Crippen LogP contribution in [0.3, 0.4) is 0 Å². The molecule has 3 amide bonds. The lowest BCUT2D eigenvalue weighted by Gasteiger charge is -2.15. The van der Waals surface area contributed by atoms with Crippen LogP contribution in [0.5, 0.6) is 5.75 Å². The third-order valence-electron chi connectivity index (χ3n) is 5.76. The van der Waals surface area contributed by atoms with Crippen molar-refractivity contribution in [1.82, 2.24) is 10.4 Å². The van der Waals surface area contributed by atoms with Crippen LogP contribution < -0.4 is 21.5 Å². The van der Waals surface area contributed by atoms with Crippen molar-refractivity contribution in [2.24, 2.45) is 21.9 Å². The van der Waals surface area contributed by atoms with Crippen LogP contribution in [0.4, 0.5) is 16.6 Å². The molecule has 2 heterocycles. The molecule has 0 saturated heterocycles. The van der Waals surface area contributed by atoms with Crippen LogP contribution in [0.2, 0.25) is 0 Å². The third kappa shape index (κ3) is 5.03. The summed E-state index contributed by atoms with van der Waals surface area (Å²) in [4.78, 5) is 53.5. The van der Waals surface area contributed by atoms with Crippen molar-refractivity contribution in [2.75, 3.05) is 10.3 Å². The number of phenolic OH excluding ortho intramolecular Hbond substituents is 1. The van der Waals surface area contributed by atoms with Crippen LogP contribution in [0, 0.1) is 16.0 Å². The Kier molecular flexibility index (Phi) is 6.86. The van der Waals surface area contributed by atoms with Gasteiger partial charge in [-0.1, -0.05) is 53.8 Å². The van der Waals surface area contributed by atoms with Crippen molar-refractivity contribution in [2.45, 2.75) is 0 Å². The van der Waals surface area contributed by atoms with Crippen LogP contribution in [0.15, 0.2) is 82.3 Å². The SMILES string of the molecule is NC1=NN(c2ccccc2)C(=O)C1/C(=N\NC(=O)c1cc2ccccc2cc1O)C(=O)Nc1nc([N+](=O)[O-])cs1. The lowest BCUT2D eigenvalue weighted by molar-refractivity contribution is -0.389. The maximum Gasteiger partial charge on any atom is 0.376 e. The number of nitro groups is 1. The van der Waals surface area contributed by atoms with Crippen LogP contribution in [0.1, 0.15) is 10.4 Å². The Bertz CT molecular complexity index is 1740. The molecule has 1 aromatic heterocycles. The highest BCUT2D eigenvalue weighted by atomic mass is 32.1. The van der Waals surface area contributed by atoms with Gasteiger partial charge in [0.15, 0.2) is 0 Å². The maximum atomic E-state index is 13.3. The van der Waals surface area contributed by atoms with E-state index in [2.05, 4.69) is 25.9 Å². The van der Waals surface area contributed by atoms with Crippen molar-refractivity contribution in [3.05, 3.63) is 87.8 Å². The van der Waals surface area contributed by atoms with E-state index in [1.54, 1.807) is 54.6 Å². The fourth-order valence-corrected chi connectivity index (χ4v) is 4.53. The monoisotopic (exact) mass is 558 g/mol. The van der Waals surface area contributed by atoms with Crippen molar-refractivity contribution in [3.8, 4) is 5.75 Å². The average Bonchev–Trinajstić information content (AvgIpc) is 3.53. The number of hydrazone groups is 2. The van der Waals surface area contributed by atoms with Crippen LogP contribution >= 0.6 is 11.3 Å². The van der Waals surface area contributed by atoms with Gasteiger partial charge >= 0.3 is 10.9 Å². The van der Waals surface area contributed by atoms with E-state index in [0.29, 0.717) is 16.5 Å². The number of nitrogens with two attached hydrogens (primary N) is 1. The topological polar surface area (TPSA) is 206 Å². The molecule has 5 rings (SSSR count). The number of aromatic hydroxyl groups is 1. The first kappa shape index (κ1) is 25.9. The van der Waals surface area contributed by atoms with E-state index in [1.807, 2.05) is 0 Å². The number of amidine groups is 1. The lowest BCUT2D eigenvalue weighted by atomic mass is 10.0. The summed E-state index contributed by atoms with van der Waals surface area (Å²) in [5.41, 5.74) is 7.92. The molecule has 0 radical (unpaired) electrons. The number of anilines is 2. The molecule has 1 aliphatic heterocycles. The Labute approximate surface area is 228 Å². The van der Waals surface area contributed by atoms with E-state index in [4.69, 9.17) is 5.73 Å². The van der Waals surface area contributed by atoms with Crippen LogP contribution in [0.25, 0.3) is 10.8 Å². The van der Waals surface area contributed by atoms with Crippen molar-refractivity contribution in [1.29, 1.82) is 0 Å². The summed E-state index contributed by atoms with van der Waals surface area (Å²) in [6.07, 6.45) is 0. The van der Waals surface area contributed by atoms with Gasteiger partial charge in [-0.15, -0.1) is 0 Å². The summed E-state index contributed by atoms with van der Waals surface area (Å²) >= 11 is 0.773. The Hall–Kier alpha value is -5.70. The number of nitrogens with one attached hydrogen (secondary N) is 2. The summed E-state index contributed by atoms with van der Waals surface area (Å²) in [5.74, 6) is -5.24. The maximum absolute atomic E-state index is 13.3. The highest BCUT2D eigenvalue weighted by Crippen LogP contribution is 2.27. The number of carbonyl (C=O) groups excluding carboxylic acids is 3. The lowest BCUT2D eigenvalue weighted by Crippen LogP contribution is -2.43. The summed E-state index contributed by atoms with van der Waals surface area (Å²) in [6.45, 7) is 0. The number of aromatic nitrogens is 1. The predicted molar refractivity (Wildman–Crippen MR) is 147 cm³/mol. The molecular weight excluding hydrogens is 540 g/mol. The van der Waals surface area contributed by atoms with Crippen molar-refractivity contribution in [3.63, 3.8) is 0 Å². The Morgan fingerprint density at radius 2 is 1.77 bits per heavy atom. The zero-order chi connectivity index (χ0) is 28.4. The van der Waals surface area contributed by atoms with Gasteiger partial charge in [0, 0.05) is 0 Å². The number of nitrogens with zero attached hydrogens (tertiary/aromatic N) is 5. The van der Waals surface area contributed by atoms with Gasteiger partial charge in [0.2, 0.25) is 0 Å². The Morgan fingerprint density at radius 3 is 2.45 bits per heavy atom. The molecule has 1 aliphatic rings. The van der Waals surface area contributed by atoms with E-state index in [0.717, 1.165) is 21.7 Å². The molecular formula is C25H18N8O6S. The second-order valence-electron chi connectivity index (χ2n) is 8.32. The number of phenols is 1. The van der Waals surface area contributed by atoms with Crippen LogP contribution in [-0.4, -0.2) is 44.3 Å². The van der Waals surface area contributed by atoms with E-state index in [1.165, 1.54) is 12.1 Å². The standard InChI is InChI=1S/C25H18N8O6S/c26-21-19(24(37)32(31-21)15-8-2-1-3-9-15)20(23(36)28-25-27-18(12-40-25)33(38)39)29-30-22(35)16-10-13-6-4-5-7-14(13)11-17(16)34/h1-12,19,34H,(H2,26,31)(H,30,35)(H,27,28,36)/b29-20+. The first-order chi connectivity index (χ1) is 19.2. The second-order valence-corrected chi connectivity index (χ2v) is 9.18. The van der Waals surface area contributed by atoms with Gasteiger partial charge in [-0.25, -0.2) is 5.43 Å². The summed E-state index contributed by atoms with van der Waals surface area (Å²) in [6, 6.07) is 18.2. The molecule has 14 nitrogen and oxygen atoms in total. The fraction of sp³-hybridized carbons (Fsp3) is 0.0400. The van der Waals surface area contributed by atoms with E-state index in [-0.39, 0.29) is 22.3 Å². The smallest absolute Gasteiger partial charge is 0.376 e. The molecule has 0 aliphatic carbocycles. The molecule has 4 aromatic rings. The minimum absolute atomic E-state index is 0.136. The Balaban J connectivity index is 1.48. The van der Waals surface area contributed by atoms with E-state index in [9.17, 15) is 29.6 Å². The number of fused-ring (bicyclic) bond motifs is 1. The van der Waals surface area contributed by atoms with E-state index < -0.39 is 40.1 Å². The normalized spacial score (nSPS) is 15.2. The van der Waals surface area contributed by atoms with Gasteiger partial charge in [-0.05, 0) is 44.9 Å². The highest BCUT2D eigenvalue weighted by Gasteiger charge is 2.42. The molecule has 0 fully saturated rings. The number of para-hydroxylation sites is 1. The zero-order valence-electron chi connectivity index (χ0n) is 20.2. The molecule has 1 unspecified atom stereocenters. The molecule has 3 aromatic carbocycles. The average molecular weight is 559 g/mol. The molecule has 5 N–H and O–H groups in total.